The number of aromatic nitrogens is 8. The number of benzene rings is 14. The molecule has 114 heavy (non-hydrogen) atoms. The van der Waals surface area contributed by atoms with Crippen molar-refractivity contribution in [1.29, 1.82) is 0 Å². The maximum absolute atomic E-state index is 6.92. The Morgan fingerprint density at radius 1 is 0.254 bits per heavy atom. The minimum atomic E-state index is 0.0840. The van der Waals surface area contributed by atoms with Crippen LogP contribution in [-0.4, -0.2) is 51.1 Å². The van der Waals surface area contributed by atoms with Crippen LogP contribution in [0.25, 0.3) is 157 Å². The summed E-state index contributed by atoms with van der Waals surface area (Å²) in [6.45, 7) is 0. The van der Waals surface area contributed by atoms with Crippen LogP contribution in [0, 0.1) is 0 Å². The molecule has 2 aliphatic carbocycles. The molecule has 0 bridgehead atoms. The molecule has 0 radical (unpaired) electrons. The minimum Gasteiger partial charge on any atom is -0.456 e. The van der Waals surface area contributed by atoms with E-state index in [1.165, 1.54) is 45.0 Å². The second kappa shape index (κ2) is 26.3. The molecule has 4 atom stereocenters. The van der Waals surface area contributed by atoms with Crippen molar-refractivity contribution in [3.8, 4) is 79.7 Å². The van der Waals surface area contributed by atoms with Gasteiger partial charge in [-0.2, -0.15) is 19.9 Å². The topological polar surface area (TPSA) is 120 Å². The summed E-state index contributed by atoms with van der Waals surface area (Å²) < 4.78 is 18.2. The van der Waals surface area contributed by atoms with Gasteiger partial charge in [-0.15, -0.1) is 0 Å². The molecule has 0 fully saturated rings. The molecule has 0 saturated heterocycles. The fourth-order valence-electron chi connectivity index (χ4n) is 18.3. The van der Waals surface area contributed by atoms with E-state index in [0.717, 1.165) is 122 Å². The number of nitrogens with zero attached hydrogens (tertiary/aromatic N) is 10. The van der Waals surface area contributed by atoms with Crippen LogP contribution in [0.4, 0.5) is 22.7 Å². The molecule has 0 spiro atoms. The molecule has 12 nitrogen and oxygen atoms in total. The smallest absolute Gasteiger partial charge is 0.238 e. The molecule has 14 aromatic carbocycles. The van der Waals surface area contributed by atoms with Crippen LogP contribution in [-0.2, 0) is 0 Å². The monoisotopic (exact) mass is 1460 g/mol. The SMILES string of the molecule is C1=CC2C(c3ccccc3N2c2ccccc2)c2c1oc1c(-c3nc(-c4ccc(-c5ccccc5)cc4)nc(-n4c5ccccc5c5ccccc54)n3)cccc21.C1=CC2C(c3ccccc3N2c2ccccc2)c2c1oc1c(-c3nc(-c4cccc(-c5ccccc5)c4)nc(-n4c5ccccc5c5ccccc54)n3)cccc21. The highest BCUT2D eigenvalue weighted by atomic mass is 16.3. The predicted molar refractivity (Wildman–Crippen MR) is 460 cm³/mol. The number of hydrogen-bond donors (Lipinski definition) is 0. The van der Waals surface area contributed by atoms with Gasteiger partial charge in [0.1, 0.15) is 22.7 Å². The Labute approximate surface area is 655 Å². The highest BCUT2D eigenvalue weighted by Crippen LogP contribution is 2.56. The molecular formula is C102H66N10O2. The van der Waals surface area contributed by atoms with Crippen LogP contribution >= 0.6 is 0 Å². The van der Waals surface area contributed by atoms with E-state index in [4.69, 9.17) is 38.7 Å². The van der Waals surface area contributed by atoms with Gasteiger partial charge in [-0.25, -0.2) is 9.97 Å². The lowest BCUT2D eigenvalue weighted by atomic mass is 9.82. The van der Waals surface area contributed by atoms with Crippen molar-refractivity contribution >= 4 is 100 Å². The van der Waals surface area contributed by atoms with Gasteiger partial charge in [0.25, 0.3) is 0 Å². The second-order valence-electron chi connectivity index (χ2n) is 29.5. The normalized spacial score (nSPS) is 15.6. The Morgan fingerprint density at radius 3 is 1.04 bits per heavy atom. The molecule has 2 aliphatic heterocycles. The number of rotatable bonds is 10. The predicted octanol–water partition coefficient (Wildman–Crippen LogP) is 24.8. The van der Waals surface area contributed by atoms with E-state index in [0.29, 0.717) is 35.2 Å². The Hall–Kier alpha value is -15.1. The molecule has 24 rings (SSSR count). The quantitative estimate of drug-likeness (QED) is 0.131. The molecule has 0 amide bonds. The molecule has 0 saturated carbocycles. The van der Waals surface area contributed by atoms with Gasteiger partial charge < -0.3 is 18.6 Å². The highest BCUT2D eigenvalue weighted by molar-refractivity contribution is 6.10. The average Bonchev–Trinajstić information content (AvgIpc) is 1.56. The molecule has 4 unspecified atom stereocenters. The van der Waals surface area contributed by atoms with Crippen molar-refractivity contribution in [2.45, 2.75) is 23.9 Å². The Balaban J connectivity index is 0.000000135. The van der Waals surface area contributed by atoms with Crippen molar-refractivity contribution < 1.29 is 8.83 Å². The average molecular weight is 1460 g/mol. The van der Waals surface area contributed by atoms with Gasteiger partial charge in [0.2, 0.25) is 11.9 Å². The third-order valence-corrected chi connectivity index (χ3v) is 23.3. The summed E-state index contributed by atoms with van der Waals surface area (Å²) >= 11 is 0. The van der Waals surface area contributed by atoms with E-state index in [2.05, 4.69) is 383 Å². The van der Waals surface area contributed by atoms with Gasteiger partial charge in [0, 0.05) is 89.2 Å². The fourth-order valence-corrected chi connectivity index (χ4v) is 18.3. The summed E-state index contributed by atoms with van der Waals surface area (Å²) in [6, 6.07) is 123. The lowest BCUT2D eigenvalue weighted by molar-refractivity contribution is 0.584. The van der Waals surface area contributed by atoms with Crippen molar-refractivity contribution in [2.24, 2.45) is 0 Å². The fraction of sp³-hybridized carbons (Fsp3) is 0.0392. The van der Waals surface area contributed by atoms with Gasteiger partial charge >= 0.3 is 0 Å². The highest BCUT2D eigenvalue weighted by Gasteiger charge is 2.45. The van der Waals surface area contributed by atoms with Crippen molar-refractivity contribution in [2.75, 3.05) is 9.80 Å². The first kappa shape index (κ1) is 64.8. The Morgan fingerprint density at radius 2 is 0.588 bits per heavy atom. The lowest BCUT2D eigenvalue weighted by Crippen LogP contribution is -2.30. The second-order valence-corrected chi connectivity index (χ2v) is 29.5. The Kier molecular flexibility index (Phi) is 14.9. The first-order valence-electron chi connectivity index (χ1n) is 38.7. The van der Waals surface area contributed by atoms with E-state index in [9.17, 15) is 0 Å². The molecular weight excluding hydrogens is 1400 g/mol. The van der Waals surface area contributed by atoms with Gasteiger partial charge in [-0.05, 0) is 124 Å². The molecule has 8 heterocycles. The first-order valence-corrected chi connectivity index (χ1v) is 38.7. The zero-order valence-electron chi connectivity index (χ0n) is 61.4. The lowest BCUT2D eigenvalue weighted by Gasteiger charge is -2.30. The van der Waals surface area contributed by atoms with Gasteiger partial charge in [0.15, 0.2) is 23.3 Å². The molecule has 6 aromatic heterocycles. The minimum absolute atomic E-state index is 0.0840. The number of fused-ring (bicyclic) bond motifs is 20. The van der Waals surface area contributed by atoms with E-state index < -0.39 is 0 Å². The molecule has 20 aromatic rings. The van der Waals surface area contributed by atoms with Crippen LogP contribution in [0.2, 0.25) is 0 Å². The standard InChI is InChI=1S/2C51H33N5O/c1-3-15-32(16-4-1)33-17-13-18-34(31-33)49-52-50(54-51(53-49)56-41-26-10-7-21-36(41)37-22-8-11-27-42(37)56)40-25-14-24-39-47-45(57-48(39)40)30-29-44-46(47)38-23-9-12-28-43(38)55(44)35-19-5-2-6-20-35;1-3-14-32(15-4-1)33-26-28-34(29-27-33)49-52-50(54-51(53-49)56-41-23-10-7-18-36(41)37-19-8-11-24-42(37)56)40-22-13-21-39-47-45(57-48(39)40)31-30-44-46(47)38-20-9-12-25-43(38)55(44)35-16-5-2-6-17-35/h2*1-31,44,46H. The van der Waals surface area contributed by atoms with Crippen LogP contribution in [0.3, 0.4) is 0 Å². The van der Waals surface area contributed by atoms with E-state index in [1.54, 1.807) is 0 Å². The van der Waals surface area contributed by atoms with E-state index >= 15 is 0 Å². The zero-order valence-corrected chi connectivity index (χ0v) is 61.4. The van der Waals surface area contributed by atoms with Gasteiger partial charge in [0.05, 0.1) is 45.3 Å². The molecule has 4 aliphatic rings. The third-order valence-electron chi connectivity index (χ3n) is 23.3. The van der Waals surface area contributed by atoms with Crippen LogP contribution < -0.4 is 9.80 Å². The summed E-state index contributed by atoms with van der Waals surface area (Å²) in [4.78, 5) is 36.5. The molecule has 536 valence electrons. The van der Waals surface area contributed by atoms with Crippen molar-refractivity contribution in [3.63, 3.8) is 0 Å². The summed E-state index contributed by atoms with van der Waals surface area (Å²) in [7, 11) is 0. The van der Waals surface area contributed by atoms with Crippen molar-refractivity contribution in [3.05, 3.63) is 398 Å². The number of hydrogen-bond acceptors (Lipinski definition) is 10. The molecule has 12 heteroatoms. The Bertz CT molecular complexity index is 7180. The zero-order chi connectivity index (χ0) is 74.9. The third kappa shape index (κ3) is 10.4. The van der Waals surface area contributed by atoms with E-state index in [1.807, 2.05) is 12.1 Å². The van der Waals surface area contributed by atoms with Crippen molar-refractivity contribution in [1.82, 2.24) is 39.0 Å². The van der Waals surface area contributed by atoms with Crippen LogP contribution in [0.1, 0.15) is 45.6 Å². The van der Waals surface area contributed by atoms with E-state index in [-0.39, 0.29) is 23.9 Å². The van der Waals surface area contributed by atoms with Gasteiger partial charge in [-0.3, -0.25) is 9.13 Å². The van der Waals surface area contributed by atoms with Crippen LogP contribution in [0.15, 0.2) is 373 Å². The largest absolute Gasteiger partial charge is 0.456 e. The summed E-state index contributed by atoms with van der Waals surface area (Å²) in [5.41, 5.74) is 23.4. The number of para-hydroxylation sites is 10. The maximum Gasteiger partial charge on any atom is 0.238 e. The number of anilines is 4. The summed E-state index contributed by atoms with van der Waals surface area (Å²) in [5, 5.41) is 6.72. The van der Waals surface area contributed by atoms with Gasteiger partial charge in [-0.1, -0.05) is 285 Å². The molecule has 0 N–H and O–H groups in total. The van der Waals surface area contributed by atoms with Crippen LogP contribution in [0.5, 0.6) is 0 Å². The summed E-state index contributed by atoms with van der Waals surface area (Å²) in [6.07, 6.45) is 8.89. The summed E-state index contributed by atoms with van der Waals surface area (Å²) in [5.74, 6) is 5.30. The first-order chi connectivity index (χ1) is 56.6. The maximum atomic E-state index is 6.92. The number of furan rings is 2.